The van der Waals surface area contributed by atoms with Crippen LogP contribution in [0.1, 0.15) is 11.1 Å². The summed E-state index contributed by atoms with van der Waals surface area (Å²) in [5, 5.41) is 0. The van der Waals surface area contributed by atoms with Crippen LogP contribution in [-0.4, -0.2) is 26.8 Å². The summed E-state index contributed by atoms with van der Waals surface area (Å²) in [5.41, 5.74) is 0.929. The molecule has 0 aliphatic carbocycles. The maximum atomic E-state index is 13.0. The second kappa shape index (κ2) is 6.40. The van der Waals surface area contributed by atoms with Gasteiger partial charge < -0.3 is 4.74 Å². The Kier molecular flexibility index (Phi) is 4.30. The van der Waals surface area contributed by atoms with Crippen molar-refractivity contribution in [1.82, 2.24) is 4.72 Å². The minimum atomic E-state index is -3.64. The molecule has 2 aromatic rings. The number of rotatable bonds is 4. The number of ether oxygens (including phenoxy) is 1. The van der Waals surface area contributed by atoms with E-state index in [0.29, 0.717) is 11.1 Å². The normalized spacial score (nSPS) is 16.5. The van der Waals surface area contributed by atoms with Gasteiger partial charge in [0, 0.05) is 5.56 Å². The van der Waals surface area contributed by atoms with Crippen LogP contribution in [0.2, 0.25) is 0 Å². The highest BCUT2D eigenvalue weighted by molar-refractivity contribution is 7.90. The van der Waals surface area contributed by atoms with E-state index in [1.54, 1.807) is 24.3 Å². The highest BCUT2D eigenvalue weighted by Gasteiger charge is 2.30. The number of fused-ring (bicyclic) bond motifs is 1. The van der Waals surface area contributed by atoms with Crippen LogP contribution in [0.5, 0.6) is 0 Å². The lowest BCUT2D eigenvalue weighted by Crippen LogP contribution is -2.23. The third-order valence-corrected chi connectivity index (χ3v) is 4.71. The maximum Gasteiger partial charge on any atom is 0.328 e. The van der Waals surface area contributed by atoms with Gasteiger partial charge in [0.05, 0.1) is 4.90 Å². The van der Waals surface area contributed by atoms with Gasteiger partial charge in [0.15, 0.2) is 0 Å². The Bertz CT molecular complexity index is 925. The van der Waals surface area contributed by atoms with Crippen molar-refractivity contribution < 1.29 is 22.3 Å². The van der Waals surface area contributed by atoms with Gasteiger partial charge in [0.1, 0.15) is 24.8 Å². The van der Waals surface area contributed by atoms with Gasteiger partial charge in [-0.2, -0.15) is 0 Å². The van der Waals surface area contributed by atoms with Gasteiger partial charge in [-0.3, -0.25) is 14.5 Å². The Labute approximate surface area is 138 Å². The first kappa shape index (κ1) is 16.1. The van der Waals surface area contributed by atoms with Crippen molar-refractivity contribution in [2.45, 2.75) is 11.5 Å². The standard InChI is InChI=1S/C16H13FN2O4S/c17-12-5-3-4-11(8-12)10-23-15(20)9-18-16-13-6-1-2-7-14(13)24(21,22)19-16/h1-8H,9-10H2,(H,18,19). The fourth-order valence-corrected chi connectivity index (χ4v) is 3.48. The Balaban J connectivity index is 1.65. The molecule has 0 bridgehead atoms. The maximum absolute atomic E-state index is 13.0. The summed E-state index contributed by atoms with van der Waals surface area (Å²) < 4.78 is 44.1. The van der Waals surface area contributed by atoms with Crippen molar-refractivity contribution >= 4 is 21.8 Å². The van der Waals surface area contributed by atoms with Crippen molar-refractivity contribution in [3.8, 4) is 0 Å². The van der Waals surface area contributed by atoms with Crippen LogP contribution in [0, 0.1) is 5.82 Å². The zero-order valence-corrected chi connectivity index (χ0v) is 13.2. The van der Waals surface area contributed by atoms with Crippen LogP contribution >= 0.6 is 0 Å². The molecule has 0 aromatic heterocycles. The van der Waals surface area contributed by atoms with Gasteiger partial charge in [0.25, 0.3) is 10.0 Å². The van der Waals surface area contributed by atoms with E-state index in [-0.39, 0.29) is 23.9 Å². The first-order chi connectivity index (χ1) is 11.5. The molecule has 0 amide bonds. The number of amidine groups is 1. The Hall–Kier alpha value is -2.74. The van der Waals surface area contributed by atoms with Crippen LogP contribution in [0.25, 0.3) is 0 Å². The lowest BCUT2D eigenvalue weighted by Gasteiger charge is -2.04. The number of nitrogens with one attached hydrogen (secondary N) is 1. The van der Waals surface area contributed by atoms with Crippen molar-refractivity contribution in [2.75, 3.05) is 6.54 Å². The molecule has 24 heavy (non-hydrogen) atoms. The molecule has 0 atom stereocenters. The summed E-state index contributed by atoms with van der Waals surface area (Å²) in [4.78, 5) is 15.8. The molecular weight excluding hydrogens is 335 g/mol. The van der Waals surface area contributed by atoms with Gasteiger partial charge in [-0.25, -0.2) is 12.8 Å². The molecule has 1 aliphatic heterocycles. The minimum Gasteiger partial charge on any atom is -0.459 e. The number of halogens is 1. The van der Waals surface area contributed by atoms with Crippen molar-refractivity contribution in [3.63, 3.8) is 0 Å². The molecule has 1 heterocycles. The fourth-order valence-electron chi connectivity index (χ4n) is 2.23. The quantitative estimate of drug-likeness (QED) is 0.851. The summed E-state index contributed by atoms with van der Waals surface area (Å²) in [6.07, 6.45) is 0. The lowest BCUT2D eigenvalue weighted by molar-refractivity contribution is -0.143. The summed E-state index contributed by atoms with van der Waals surface area (Å²) in [5.74, 6) is -0.954. The van der Waals surface area contributed by atoms with Crippen LogP contribution in [0.3, 0.4) is 0 Å². The number of carbonyl (C=O) groups is 1. The molecule has 0 saturated heterocycles. The predicted molar refractivity (Wildman–Crippen MR) is 84.4 cm³/mol. The van der Waals surface area contributed by atoms with Gasteiger partial charge in [-0.15, -0.1) is 0 Å². The molecule has 0 radical (unpaired) electrons. The molecule has 6 nitrogen and oxygen atoms in total. The highest BCUT2D eigenvalue weighted by Crippen LogP contribution is 2.22. The number of aliphatic imine (C=N–C) groups is 1. The summed E-state index contributed by atoms with van der Waals surface area (Å²) in [7, 11) is -3.64. The molecule has 1 N–H and O–H groups in total. The van der Waals surface area contributed by atoms with Gasteiger partial charge in [-0.1, -0.05) is 24.3 Å². The van der Waals surface area contributed by atoms with E-state index in [4.69, 9.17) is 4.74 Å². The van der Waals surface area contributed by atoms with E-state index in [1.807, 2.05) is 0 Å². The number of carbonyl (C=O) groups excluding carboxylic acids is 1. The number of benzene rings is 2. The number of hydrogen-bond acceptors (Lipinski definition) is 5. The SMILES string of the molecule is O=C(CN=C1NS(=O)(=O)c2ccccc21)OCc1cccc(F)c1. The summed E-state index contributed by atoms with van der Waals surface area (Å²) in [6, 6.07) is 12.0. The number of hydrogen-bond donors (Lipinski definition) is 1. The van der Waals surface area contributed by atoms with E-state index in [2.05, 4.69) is 9.71 Å². The number of nitrogens with zero attached hydrogens (tertiary/aromatic N) is 1. The monoisotopic (exact) mass is 348 g/mol. The second-order valence-corrected chi connectivity index (χ2v) is 6.71. The molecule has 3 rings (SSSR count). The number of esters is 1. The molecule has 0 spiro atoms. The van der Waals surface area contributed by atoms with E-state index in [1.165, 1.54) is 24.3 Å². The van der Waals surface area contributed by atoms with Crippen molar-refractivity contribution in [2.24, 2.45) is 4.99 Å². The minimum absolute atomic E-state index is 0.0796. The average molecular weight is 348 g/mol. The molecular formula is C16H13FN2O4S. The molecule has 124 valence electrons. The van der Waals surface area contributed by atoms with Crippen LogP contribution < -0.4 is 4.72 Å². The lowest BCUT2D eigenvalue weighted by atomic mass is 10.2. The van der Waals surface area contributed by atoms with Gasteiger partial charge in [-0.05, 0) is 29.8 Å². The Morgan fingerprint density at radius 2 is 1.96 bits per heavy atom. The van der Waals surface area contributed by atoms with Crippen LogP contribution in [0.4, 0.5) is 4.39 Å². The molecule has 0 unspecified atom stereocenters. The van der Waals surface area contributed by atoms with Gasteiger partial charge >= 0.3 is 5.97 Å². The first-order valence-corrected chi connectivity index (χ1v) is 8.51. The fraction of sp³-hybridized carbons (Fsp3) is 0.125. The zero-order chi connectivity index (χ0) is 17.2. The second-order valence-electron chi connectivity index (χ2n) is 5.06. The number of sulfonamides is 1. The largest absolute Gasteiger partial charge is 0.459 e. The summed E-state index contributed by atoms with van der Waals surface area (Å²) in [6.45, 7) is -0.425. The van der Waals surface area contributed by atoms with Gasteiger partial charge in [0.2, 0.25) is 0 Å². The van der Waals surface area contributed by atoms with Crippen LogP contribution in [-0.2, 0) is 26.2 Å². The van der Waals surface area contributed by atoms with E-state index in [9.17, 15) is 17.6 Å². The predicted octanol–water partition coefficient (Wildman–Crippen LogP) is 1.61. The third kappa shape index (κ3) is 3.43. The average Bonchev–Trinajstić information content (AvgIpc) is 2.82. The molecule has 2 aromatic carbocycles. The van der Waals surface area contributed by atoms with E-state index >= 15 is 0 Å². The zero-order valence-electron chi connectivity index (χ0n) is 12.4. The van der Waals surface area contributed by atoms with Crippen molar-refractivity contribution in [3.05, 3.63) is 65.5 Å². The van der Waals surface area contributed by atoms with Crippen LogP contribution in [0.15, 0.2) is 58.4 Å². The molecule has 0 saturated carbocycles. The summed E-state index contributed by atoms with van der Waals surface area (Å²) >= 11 is 0. The highest BCUT2D eigenvalue weighted by atomic mass is 32.2. The van der Waals surface area contributed by atoms with Crippen molar-refractivity contribution in [1.29, 1.82) is 0 Å². The third-order valence-electron chi connectivity index (χ3n) is 3.32. The smallest absolute Gasteiger partial charge is 0.328 e. The Morgan fingerprint density at radius 1 is 1.17 bits per heavy atom. The molecule has 0 fully saturated rings. The first-order valence-electron chi connectivity index (χ1n) is 7.02. The molecule has 1 aliphatic rings. The molecule has 8 heteroatoms. The topological polar surface area (TPSA) is 84.8 Å². The Morgan fingerprint density at radius 3 is 2.75 bits per heavy atom. The van der Waals surface area contributed by atoms with E-state index in [0.717, 1.165) is 0 Å². The van der Waals surface area contributed by atoms with E-state index < -0.39 is 21.8 Å².